The van der Waals surface area contributed by atoms with E-state index in [1.165, 1.54) is 0 Å². The van der Waals surface area contributed by atoms with Crippen LogP contribution in [-0.2, 0) is 0 Å². The van der Waals surface area contributed by atoms with Crippen LogP contribution in [0.1, 0.15) is 10.5 Å². The summed E-state index contributed by atoms with van der Waals surface area (Å²) >= 11 is 0. The molecule has 0 fully saturated rings. The summed E-state index contributed by atoms with van der Waals surface area (Å²) in [5, 5.41) is 19.2. The fraction of sp³-hybridized carbons (Fsp3) is 0. The molecular weight excluding hydrogens is 247 g/mol. The fourth-order valence-electron chi connectivity index (χ4n) is 1.31. The lowest BCUT2D eigenvalue weighted by atomic mass is 10.2. The topological polar surface area (TPSA) is 106 Å². The summed E-state index contributed by atoms with van der Waals surface area (Å²) in [4.78, 5) is 23.9. The number of nitro groups is 1. The molecule has 0 bridgehead atoms. The number of carbonyl (C=O) groups is 1. The van der Waals surface area contributed by atoms with Crippen LogP contribution >= 0.6 is 0 Å². The van der Waals surface area contributed by atoms with Gasteiger partial charge in [0, 0.05) is 11.6 Å². The molecule has 2 rings (SSSR count). The highest BCUT2D eigenvalue weighted by Gasteiger charge is 2.16. The van der Waals surface area contributed by atoms with Crippen molar-refractivity contribution in [2.45, 2.75) is 0 Å². The number of carboxylic acid groups (broad SMARTS) is 1. The first-order valence-electron chi connectivity index (χ1n) is 4.61. The molecule has 1 N–H and O–H groups in total. The van der Waals surface area contributed by atoms with E-state index in [0.29, 0.717) is 0 Å². The van der Waals surface area contributed by atoms with E-state index < -0.39 is 22.4 Å². The molecule has 7 nitrogen and oxygen atoms in total. The van der Waals surface area contributed by atoms with Crippen LogP contribution in [0.25, 0.3) is 11.5 Å². The van der Waals surface area contributed by atoms with E-state index in [1.807, 2.05) is 0 Å². The Balaban J connectivity index is 2.49. The van der Waals surface area contributed by atoms with Gasteiger partial charge in [0.15, 0.2) is 5.69 Å². The van der Waals surface area contributed by atoms with Gasteiger partial charge in [-0.15, -0.1) is 0 Å². The Morgan fingerprint density at radius 2 is 2.17 bits per heavy atom. The van der Waals surface area contributed by atoms with E-state index >= 15 is 0 Å². The van der Waals surface area contributed by atoms with Gasteiger partial charge in [-0.3, -0.25) is 10.1 Å². The summed E-state index contributed by atoms with van der Waals surface area (Å²) in [6.45, 7) is 0. The van der Waals surface area contributed by atoms with Gasteiger partial charge in [-0.05, 0) is 6.07 Å². The van der Waals surface area contributed by atoms with Crippen molar-refractivity contribution in [1.82, 2.24) is 4.98 Å². The van der Waals surface area contributed by atoms with E-state index in [0.717, 1.165) is 24.5 Å². The van der Waals surface area contributed by atoms with Crippen molar-refractivity contribution in [3.63, 3.8) is 0 Å². The number of nitrogens with zero attached hydrogens (tertiary/aromatic N) is 2. The van der Waals surface area contributed by atoms with Gasteiger partial charge in [-0.1, -0.05) is 0 Å². The zero-order chi connectivity index (χ0) is 13.3. The maximum atomic E-state index is 13.1. The number of benzene rings is 1. The van der Waals surface area contributed by atoms with Crippen molar-refractivity contribution < 1.29 is 23.6 Å². The molecule has 0 atom stereocenters. The van der Waals surface area contributed by atoms with Crippen LogP contribution in [0.4, 0.5) is 10.1 Å². The van der Waals surface area contributed by atoms with Crippen LogP contribution in [0, 0.1) is 15.9 Å². The minimum atomic E-state index is -1.31. The van der Waals surface area contributed by atoms with Crippen LogP contribution < -0.4 is 0 Å². The molecule has 8 heteroatoms. The highest BCUT2D eigenvalue weighted by molar-refractivity contribution is 5.85. The maximum Gasteiger partial charge on any atom is 0.357 e. The Bertz CT molecular complexity index is 637. The smallest absolute Gasteiger partial charge is 0.357 e. The second kappa shape index (κ2) is 4.24. The average molecular weight is 252 g/mol. The number of aromatic carboxylic acids is 1. The van der Waals surface area contributed by atoms with Gasteiger partial charge in [-0.25, -0.2) is 14.2 Å². The molecule has 0 aliphatic heterocycles. The number of halogens is 1. The van der Waals surface area contributed by atoms with Gasteiger partial charge in [0.1, 0.15) is 12.1 Å². The summed E-state index contributed by atoms with van der Waals surface area (Å²) in [5.41, 5.74) is -0.841. The van der Waals surface area contributed by atoms with Gasteiger partial charge < -0.3 is 9.52 Å². The van der Waals surface area contributed by atoms with Gasteiger partial charge in [0.05, 0.1) is 11.0 Å². The normalized spacial score (nSPS) is 10.3. The summed E-state index contributed by atoms with van der Waals surface area (Å²) in [5.74, 6) is -2.35. The molecule has 0 amide bonds. The number of non-ortho nitro benzene ring substituents is 1. The third-order valence-electron chi connectivity index (χ3n) is 2.06. The minimum Gasteiger partial charge on any atom is -0.476 e. The molecule has 0 aliphatic carbocycles. The minimum absolute atomic E-state index is 0.00537. The molecule has 1 heterocycles. The highest BCUT2D eigenvalue weighted by atomic mass is 19.1. The molecule has 0 spiro atoms. The predicted octanol–water partition coefficient (Wildman–Crippen LogP) is 2.09. The Labute approximate surface area is 98.6 Å². The molecular formula is C10H5FN2O5. The van der Waals surface area contributed by atoms with E-state index in [2.05, 4.69) is 4.98 Å². The number of nitro benzene ring substituents is 1. The predicted molar refractivity (Wildman–Crippen MR) is 55.5 cm³/mol. The maximum absolute atomic E-state index is 13.1. The van der Waals surface area contributed by atoms with Gasteiger partial charge in [0.2, 0.25) is 5.89 Å². The SMILES string of the molecule is O=C(O)c1coc(-c2cc(F)cc([N+](=O)[O-])c2)n1. The van der Waals surface area contributed by atoms with Crippen LogP contribution in [0.15, 0.2) is 28.9 Å². The monoisotopic (exact) mass is 252 g/mol. The van der Waals surface area contributed by atoms with E-state index in [1.54, 1.807) is 0 Å². The number of rotatable bonds is 3. The first-order chi connectivity index (χ1) is 8.47. The van der Waals surface area contributed by atoms with Gasteiger partial charge in [0.25, 0.3) is 5.69 Å². The van der Waals surface area contributed by atoms with Crippen molar-refractivity contribution in [1.29, 1.82) is 0 Å². The molecule has 0 radical (unpaired) electrons. The summed E-state index contributed by atoms with van der Waals surface area (Å²) in [6, 6.07) is 2.75. The largest absolute Gasteiger partial charge is 0.476 e. The van der Waals surface area contributed by atoms with Crippen LogP contribution in [0.2, 0.25) is 0 Å². The second-order valence-corrected chi connectivity index (χ2v) is 3.30. The Morgan fingerprint density at radius 3 is 2.72 bits per heavy atom. The highest BCUT2D eigenvalue weighted by Crippen LogP contribution is 2.25. The first kappa shape index (κ1) is 11.7. The molecule has 0 unspecified atom stereocenters. The number of aromatic nitrogens is 1. The van der Waals surface area contributed by atoms with Gasteiger partial charge in [-0.2, -0.15) is 0 Å². The molecule has 18 heavy (non-hydrogen) atoms. The van der Waals surface area contributed by atoms with Crippen molar-refractivity contribution in [2.24, 2.45) is 0 Å². The first-order valence-corrected chi connectivity index (χ1v) is 4.61. The van der Waals surface area contributed by atoms with Crippen LogP contribution in [0.3, 0.4) is 0 Å². The number of hydrogen-bond donors (Lipinski definition) is 1. The molecule has 1 aromatic carbocycles. The third kappa shape index (κ3) is 2.17. The molecule has 2 aromatic rings. The summed E-state index contributed by atoms with van der Waals surface area (Å²) < 4.78 is 18.0. The zero-order valence-electron chi connectivity index (χ0n) is 8.66. The second-order valence-electron chi connectivity index (χ2n) is 3.30. The number of hydrogen-bond acceptors (Lipinski definition) is 5. The number of carboxylic acids is 1. The van der Waals surface area contributed by atoms with E-state index in [9.17, 15) is 19.3 Å². The summed E-state index contributed by atoms with van der Waals surface area (Å²) in [7, 11) is 0. The third-order valence-corrected chi connectivity index (χ3v) is 2.06. The molecule has 0 saturated carbocycles. The Hall–Kier alpha value is -2.77. The number of oxazole rings is 1. The van der Waals surface area contributed by atoms with Gasteiger partial charge >= 0.3 is 5.97 Å². The summed E-state index contributed by atoms with van der Waals surface area (Å²) in [6.07, 6.45) is 0.869. The lowest BCUT2D eigenvalue weighted by molar-refractivity contribution is -0.385. The van der Waals surface area contributed by atoms with Crippen molar-refractivity contribution in [3.05, 3.63) is 46.1 Å². The van der Waals surface area contributed by atoms with Crippen molar-refractivity contribution in [2.75, 3.05) is 0 Å². The Kier molecular flexibility index (Phi) is 2.76. The lowest BCUT2D eigenvalue weighted by Gasteiger charge is -1.96. The average Bonchev–Trinajstić information content (AvgIpc) is 2.77. The zero-order valence-corrected chi connectivity index (χ0v) is 8.66. The molecule has 0 saturated heterocycles. The van der Waals surface area contributed by atoms with Crippen LogP contribution in [-0.4, -0.2) is 21.0 Å². The Morgan fingerprint density at radius 1 is 1.44 bits per heavy atom. The molecule has 0 aliphatic rings. The molecule has 92 valence electrons. The van der Waals surface area contributed by atoms with E-state index in [4.69, 9.17) is 9.52 Å². The molecule has 1 aromatic heterocycles. The fourth-order valence-corrected chi connectivity index (χ4v) is 1.31. The van der Waals surface area contributed by atoms with Crippen LogP contribution in [0.5, 0.6) is 0 Å². The lowest BCUT2D eigenvalue weighted by Crippen LogP contribution is -1.96. The van der Waals surface area contributed by atoms with Crippen molar-refractivity contribution >= 4 is 11.7 Å². The standard InChI is InChI=1S/C10H5FN2O5/c11-6-1-5(2-7(3-6)13(16)17)9-12-8(4-18-9)10(14)15/h1-4H,(H,14,15). The quantitative estimate of drug-likeness (QED) is 0.662. The van der Waals surface area contributed by atoms with E-state index in [-0.39, 0.29) is 17.1 Å². The van der Waals surface area contributed by atoms with Crippen molar-refractivity contribution in [3.8, 4) is 11.5 Å².